The van der Waals surface area contributed by atoms with Crippen molar-refractivity contribution in [1.82, 2.24) is 20.2 Å². The Morgan fingerprint density at radius 1 is 1.05 bits per heavy atom. The molecule has 0 spiro atoms. The quantitative estimate of drug-likeness (QED) is 0.515. The number of aromatic nitrogens is 2. The molecule has 11 heteroatoms. The van der Waals surface area contributed by atoms with E-state index in [4.69, 9.17) is 24.2 Å². The fourth-order valence-electron chi connectivity index (χ4n) is 7.44. The van der Waals surface area contributed by atoms with Crippen molar-refractivity contribution in [1.29, 1.82) is 0 Å². The summed E-state index contributed by atoms with van der Waals surface area (Å²) in [5.41, 5.74) is 1.09. The molecule has 1 N–H and O–H groups in total. The van der Waals surface area contributed by atoms with Gasteiger partial charge in [0, 0.05) is 6.07 Å². The maximum atomic E-state index is 16.1. The topological polar surface area (TPSA) is 120 Å². The number of ether oxygens (including phenoxy) is 3. The first-order valence-corrected chi connectivity index (χ1v) is 15.9. The Morgan fingerprint density at radius 2 is 1.84 bits per heavy atom. The van der Waals surface area contributed by atoms with E-state index in [1.807, 2.05) is 32.9 Å². The third-order valence-electron chi connectivity index (χ3n) is 9.86. The number of hydrogen-bond donors (Lipinski definition) is 1. The molecule has 2 unspecified atom stereocenters. The van der Waals surface area contributed by atoms with E-state index in [2.05, 4.69) is 5.32 Å². The molecule has 44 heavy (non-hydrogen) atoms. The maximum Gasteiger partial charge on any atom is 0.408 e. The van der Waals surface area contributed by atoms with Gasteiger partial charge in [0.05, 0.1) is 24.7 Å². The lowest BCUT2D eigenvalue weighted by atomic mass is 9.85. The maximum absolute atomic E-state index is 16.1. The number of ketones is 1. The number of nitrogens with zero attached hydrogens (tertiary/aromatic N) is 3. The van der Waals surface area contributed by atoms with Crippen LogP contribution in [-0.4, -0.2) is 76.8 Å². The van der Waals surface area contributed by atoms with Gasteiger partial charge in [0.15, 0.2) is 18.1 Å². The summed E-state index contributed by atoms with van der Waals surface area (Å²) in [5, 5.41) is 2.80. The molecule has 2 bridgehead atoms. The Hall–Kier alpha value is -3.50. The highest BCUT2D eigenvalue weighted by Gasteiger charge is 2.55. The van der Waals surface area contributed by atoms with E-state index in [1.165, 1.54) is 18.2 Å². The average Bonchev–Trinajstić information content (AvgIpc) is 3.53. The van der Waals surface area contributed by atoms with Gasteiger partial charge >= 0.3 is 6.09 Å². The molecule has 8 atom stereocenters. The second-order valence-electron chi connectivity index (χ2n) is 14.0. The number of Topliss-reactive ketones (excluding diaryl/α,β-unsaturated/α-hetero) is 1. The Morgan fingerprint density at radius 3 is 2.57 bits per heavy atom. The molecule has 0 radical (unpaired) electrons. The van der Waals surface area contributed by atoms with Crippen LogP contribution in [0.15, 0.2) is 18.2 Å². The van der Waals surface area contributed by atoms with Crippen molar-refractivity contribution in [2.24, 2.45) is 23.2 Å². The SMILES string of the molecule is COc1ccc2nc3c(nc2c1)O[C@H]1CN(C(=O)[C@H](C(C)(C)C)NC(=O)O[C@@H]2CC4CC4[C@H]2CCCCC3)[C@H](C(C)=O)[C@@H]1F. The standard InChI is InChI=1S/C33H43FN4O6/c1-17(39)28-27(34)26-16-38(28)31(40)29(33(2,3)4)37-32(41)44-25-14-18-13-21(18)20(25)9-7-6-8-10-23-30(43-26)36-24-15-19(42-5)11-12-22(24)35-23/h11-12,15,18,20-21,25-29H,6-10,13-14,16H2,1-5H3,(H,37,41)/t18?,20-,21?,25-,26+,27-,28-,29-/m1/s1. The molecule has 1 aromatic heterocycles. The van der Waals surface area contributed by atoms with Gasteiger partial charge < -0.3 is 24.4 Å². The number of halogens is 1. The van der Waals surface area contributed by atoms with Crippen LogP contribution >= 0.6 is 0 Å². The van der Waals surface area contributed by atoms with Crippen LogP contribution < -0.4 is 14.8 Å². The van der Waals surface area contributed by atoms with Gasteiger partial charge in [0.1, 0.15) is 29.6 Å². The largest absolute Gasteiger partial charge is 0.497 e. The van der Waals surface area contributed by atoms with Crippen molar-refractivity contribution >= 4 is 28.8 Å². The first-order chi connectivity index (χ1) is 20.9. The van der Waals surface area contributed by atoms with Gasteiger partial charge in [-0.15, -0.1) is 0 Å². The van der Waals surface area contributed by atoms with Gasteiger partial charge in [0.2, 0.25) is 11.8 Å². The van der Waals surface area contributed by atoms with Gasteiger partial charge in [-0.25, -0.2) is 19.2 Å². The molecule has 1 aromatic carbocycles. The van der Waals surface area contributed by atoms with Crippen LogP contribution in [0.5, 0.6) is 11.6 Å². The highest BCUT2D eigenvalue weighted by Crippen LogP contribution is 2.57. The Labute approximate surface area is 257 Å². The summed E-state index contributed by atoms with van der Waals surface area (Å²) in [6.07, 6.45) is 2.55. The second kappa shape index (κ2) is 11.8. The van der Waals surface area contributed by atoms with Gasteiger partial charge in [0.25, 0.3) is 0 Å². The number of hydrogen-bond acceptors (Lipinski definition) is 8. The lowest BCUT2D eigenvalue weighted by molar-refractivity contribution is -0.141. The highest BCUT2D eigenvalue weighted by molar-refractivity contribution is 5.93. The molecule has 6 rings (SSSR count). The van der Waals surface area contributed by atoms with E-state index in [1.54, 1.807) is 13.2 Å². The van der Waals surface area contributed by atoms with Gasteiger partial charge in [-0.1, -0.05) is 33.6 Å². The molecule has 238 valence electrons. The normalized spacial score (nSPS) is 32.7. The zero-order valence-corrected chi connectivity index (χ0v) is 26.2. The zero-order valence-electron chi connectivity index (χ0n) is 26.2. The number of nitrogens with one attached hydrogen (secondary N) is 1. The minimum Gasteiger partial charge on any atom is -0.497 e. The molecule has 2 aliphatic carbocycles. The van der Waals surface area contributed by atoms with Crippen molar-refractivity contribution in [2.45, 2.75) is 103 Å². The number of rotatable bonds is 2. The molecular weight excluding hydrogens is 567 g/mol. The molecule has 10 nitrogen and oxygen atoms in total. The number of alkyl halides is 1. The van der Waals surface area contributed by atoms with E-state index in [0.29, 0.717) is 46.7 Å². The number of fused-ring (bicyclic) bond motifs is 7. The second-order valence-corrected chi connectivity index (χ2v) is 14.0. The monoisotopic (exact) mass is 610 g/mol. The number of alkyl carbamates (subject to hydrolysis) is 1. The fraction of sp³-hybridized carbons (Fsp3) is 0.667. The smallest absolute Gasteiger partial charge is 0.408 e. The first kappa shape index (κ1) is 30.5. The Balaban J connectivity index is 1.36. The summed E-state index contributed by atoms with van der Waals surface area (Å²) in [6.45, 7) is 6.54. The number of carbonyl (C=O) groups is 3. The summed E-state index contributed by atoms with van der Waals surface area (Å²) in [6, 6.07) is 2.99. The van der Waals surface area contributed by atoms with Crippen molar-refractivity contribution in [3.8, 4) is 11.6 Å². The average molecular weight is 611 g/mol. The van der Waals surface area contributed by atoms with Crippen LogP contribution in [0, 0.1) is 23.2 Å². The molecule has 2 aliphatic heterocycles. The number of amides is 2. The summed E-state index contributed by atoms with van der Waals surface area (Å²) in [5.74, 6) is 1.23. The van der Waals surface area contributed by atoms with E-state index in [9.17, 15) is 14.4 Å². The molecule has 2 aromatic rings. The summed E-state index contributed by atoms with van der Waals surface area (Å²) >= 11 is 0. The third kappa shape index (κ3) is 5.94. The Bertz CT molecular complexity index is 1450. The molecule has 3 heterocycles. The molecule has 2 saturated carbocycles. The molecule has 1 saturated heterocycles. The van der Waals surface area contributed by atoms with Gasteiger partial charge in [-0.05, 0) is 74.3 Å². The number of carbonyl (C=O) groups excluding carboxylic acids is 3. The van der Waals surface area contributed by atoms with Crippen LogP contribution in [0.1, 0.15) is 71.9 Å². The Kier molecular flexibility index (Phi) is 8.17. The lowest BCUT2D eigenvalue weighted by Crippen LogP contribution is -2.57. The summed E-state index contributed by atoms with van der Waals surface area (Å²) in [7, 11) is 1.57. The summed E-state index contributed by atoms with van der Waals surface area (Å²) in [4.78, 5) is 50.9. The summed E-state index contributed by atoms with van der Waals surface area (Å²) < 4.78 is 33.6. The molecule has 2 amide bonds. The fourth-order valence-corrected chi connectivity index (χ4v) is 7.44. The van der Waals surface area contributed by atoms with Crippen LogP contribution in [0.4, 0.5) is 9.18 Å². The highest BCUT2D eigenvalue weighted by atomic mass is 19.1. The third-order valence-corrected chi connectivity index (χ3v) is 9.86. The van der Waals surface area contributed by atoms with Gasteiger partial charge in [-0.2, -0.15) is 0 Å². The van der Waals surface area contributed by atoms with Crippen molar-refractivity contribution in [3.63, 3.8) is 0 Å². The van der Waals surface area contributed by atoms with E-state index < -0.39 is 47.6 Å². The van der Waals surface area contributed by atoms with E-state index >= 15 is 4.39 Å². The lowest BCUT2D eigenvalue weighted by Gasteiger charge is -2.35. The number of benzene rings is 1. The van der Waals surface area contributed by atoms with Gasteiger partial charge in [-0.3, -0.25) is 9.59 Å². The molecular formula is C33H43FN4O6. The minimum absolute atomic E-state index is 0.182. The number of aryl methyl sites for hydroxylation is 1. The van der Waals surface area contributed by atoms with Crippen molar-refractivity contribution in [3.05, 3.63) is 23.9 Å². The minimum atomic E-state index is -1.80. The van der Waals surface area contributed by atoms with E-state index in [0.717, 1.165) is 32.1 Å². The number of methoxy groups -OCH3 is 1. The van der Waals surface area contributed by atoms with Crippen LogP contribution in [0.3, 0.4) is 0 Å². The van der Waals surface area contributed by atoms with E-state index in [-0.39, 0.29) is 18.5 Å². The van der Waals surface area contributed by atoms with Crippen molar-refractivity contribution in [2.75, 3.05) is 13.7 Å². The van der Waals surface area contributed by atoms with Crippen LogP contribution in [-0.2, 0) is 20.7 Å². The first-order valence-electron chi connectivity index (χ1n) is 15.9. The van der Waals surface area contributed by atoms with Crippen molar-refractivity contribution < 1.29 is 33.0 Å². The predicted octanol–water partition coefficient (Wildman–Crippen LogP) is 4.81. The zero-order chi connectivity index (χ0) is 31.3. The van der Waals surface area contributed by atoms with Crippen LogP contribution in [0.25, 0.3) is 11.0 Å². The molecule has 3 fully saturated rings. The molecule has 4 aliphatic rings. The predicted molar refractivity (Wildman–Crippen MR) is 160 cm³/mol. The van der Waals surface area contributed by atoms with Crippen LogP contribution in [0.2, 0.25) is 0 Å².